The molecule has 16 heavy (non-hydrogen) atoms. The summed E-state index contributed by atoms with van der Waals surface area (Å²) in [7, 11) is 0. The molecule has 5 heteroatoms. The topological polar surface area (TPSA) is 66.4 Å². The molecule has 0 aliphatic carbocycles. The molecule has 2 N–H and O–H groups in total. The summed E-state index contributed by atoms with van der Waals surface area (Å²) in [6.45, 7) is 5.51. The fourth-order valence-corrected chi connectivity index (χ4v) is 2.81. The Bertz CT molecular complexity index is 296. The minimum atomic E-state index is -1.35. The van der Waals surface area contributed by atoms with Gasteiger partial charge in [-0.2, -0.15) is 11.8 Å². The first kappa shape index (κ1) is 13.4. The number of carboxylic acids is 1. The van der Waals surface area contributed by atoms with Crippen molar-refractivity contribution in [2.45, 2.75) is 38.4 Å². The maximum Gasteiger partial charge on any atom is 0.318 e. The first-order valence-corrected chi connectivity index (χ1v) is 6.42. The van der Waals surface area contributed by atoms with Gasteiger partial charge in [0.1, 0.15) is 5.41 Å². The smallest absolute Gasteiger partial charge is 0.318 e. The largest absolute Gasteiger partial charge is 0.480 e. The standard InChI is InChI=1S/C11H19NO3S/c1-10(2,9(14)15)8(13)12-7-11(3)5-4-6-16-11/h4-7H2,1-3H3,(H,12,13)(H,14,15). The average molecular weight is 245 g/mol. The molecule has 0 bridgehead atoms. The molecule has 0 aromatic heterocycles. The highest BCUT2D eigenvalue weighted by Gasteiger charge is 2.37. The van der Waals surface area contributed by atoms with Gasteiger partial charge in [0.2, 0.25) is 5.91 Å². The molecule has 1 fully saturated rings. The zero-order valence-electron chi connectivity index (χ0n) is 10.0. The lowest BCUT2D eigenvalue weighted by Crippen LogP contribution is -2.46. The summed E-state index contributed by atoms with van der Waals surface area (Å²) in [4.78, 5) is 22.6. The number of carbonyl (C=O) groups is 2. The van der Waals surface area contributed by atoms with Crippen LogP contribution < -0.4 is 5.32 Å². The highest BCUT2D eigenvalue weighted by atomic mass is 32.2. The summed E-state index contributed by atoms with van der Waals surface area (Å²) in [6.07, 6.45) is 2.24. The highest BCUT2D eigenvalue weighted by molar-refractivity contribution is 8.00. The van der Waals surface area contributed by atoms with Gasteiger partial charge in [0.25, 0.3) is 0 Å². The van der Waals surface area contributed by atoms with Crippen LogP contribution in [-0.4, -0.2) is 34.0 Å². The Morgan fingerprint density at radius 3 is 2.56 bits per heavy atom. The molecule has 0 saturated carbocycles. The van der Waals surface area contributed by atoms with Gasteiger partial charge in [0, 0.05) is 11.3 Å². The third-order valence-electron chi connectivity index (χ3n) is 3.03. The van der Waals surface area contributed by atoms with Crippen molar-refractivity contribution < 1.29 is 14.7 Å². The van der Waals surface area contributed by atoms with Gasteiger partial charge in [-0.3, -0.25) is 9.59 Å². The number of carbonyl (C=O) groups excluding carboxylic acids is 1. The van der Waals surface area contributed by atoms with Crippen LogP contribution in [0.2, 0.25) is 0 Å². The molecule has 1 amide bonds. The molecule has 1 unspecified atom stereocenters. The fraction of sp³-hybridized carbons (Fsp3) is 0.818. The number of amides is 1. The zero-order valence-corrected chi connectivity index (χ0v) is 10.8. The van der Waals surface area contributed by atoms with Crippen molar-refractivity contribution in [2.24, 2.45) is 5.41 Å². The second-order valence-corrected chi connectivity index (χ2v) is 6.70. The third kappa shape index (κ3) is 2.90. The van der Waals surface area contributed by atoms with Gasteiger partial charge in [0.15, 0.2) is 0 Å². The van der Waals surface area contributed by atoms with Crippen LogP contribution in [0.5, 0.6) is 0 Å². The summed E-state index contributed by atoms with van der Waals surface area (Å²) in [6, 6.07) is 0. The van der Waals surface area contributed by atoms with E-state index in [-0.39, 0.29) is 4.75 Å². The van der Waals surface area contributed by atoms with Crippen molar-refractivity contribution in [3.63, 3.8) is 0 Å². The predicted octanol–water partition coefficient (Wildman–Crippen LogP) is 1.50. The van der Waals surface area contributed by atoms with Crippen LogP contribution in [0.3, 0.4) is 0 Å². The maximum atomic E-state index is 11.7. The molecule has 1 rings (SSSR count). The number of nitrogens with one attached hydrogen (secondary N) is 1. The van der Waals surface area contributed by atoms with E-state index in [1.54, 1.807) is 0 Å². The van der Waals surface area contributed by atoms with E-state index in [4.69, 9.17) is 5.11 Å². The summed E-state index contributed by atoms with van der Waals surface area (Å²) in [5.41, 5.74) is -1.35. The van der Waals surface area contributed by atoms with E-state index in [0.29, 0.717) is 6.54 Å². The Kier molecular flexibility index (Phi) is 3.88. The molecule has 1 heterocycles. The summed E-state index contributed by atoms with van der Waals surface area (Å²) >= 11 is 1.84. The van der Waals surface area contributed by atoms with Crippen LogP contribution in [-0.2, 0) is 9.59 Å². The number of rotatable bonds is 4. The lowest BCUT2D eigenvalue weighted by Gasteiger charge is -2.26. The lowest BCUT2D eigenvalue weighted by atomic mass is 9.92. The highest BCUT2D eigenvalue weighted by Crippen LogP contribution is 2.37. The third-order valence-corrected chi connectivity index (χ3v) is 4.56. The van der Waals surface area contributed by atoms with Crippen molar-refractivity contribution in [2.75, 3.05) is 12.3 Å². The summed E-state index contributed by atoms with van der Waals surface area (Å²) in [5, 5.41) is 11.6. The van der Waals surface area contributed by atoms with Crippen molar-refractivity contribution in [1.29, 1.82) is 0 Å². The van der Waals surface area contributed by atoms with E-state index < -0.39 is 17.3 Å². The van der Waals surface area contributed by atoms with Crippen LogP contribution in [0.1, 0.15) is 33.6 Å². The molecule has 1 saturated heterocycles. The van der Waals surface area contributed by atoms with Gasteiger partial charge in [-0.15, -0.1) is 0 Å². The summed E-state index contributed by atoms with van der Waals surface area (Å²) in [5.74, 6) is -0.378. The first-order valence-electron chi connectivity index (χ1n) is 5.44. The molecule has 4 nitrogen and oxygen atoms in total. The number of carboxylic acid groups (broad SMARTS) is 1. The number of hydrogen-bond donors (Lipinski definition) is 2. The van der Waals surface area contributed by atoms with Crippen molar-refractivity contribution in [3.05, 3.63) is 0 Å². The van der Waals surface area contributed by atoms with Gasteiger partial charge in [0.05, 0.1) is 0 Å². The number of aliphatic carboxylic acids is 1. The second-order valence-electron chi connectivity index (χ2n) is 5.01. The van der Waals surface area contributed by atoms with Crippen LogP contribution >= 0.6 is 11.8 Å². The quantitative estimate of drug-likeness (QED) is 0.737. The van der Waals surface area contributed by atoms with Crippen LogP contribution in [0.4, 0.5) is 0 Å². The molecule has 1 atom stereocenters. The molecule has 0 aromatic carbocycles. The Morgan fingerprint density at radius 2 is 2.12 bits per heavy atom. The van der Waals surface area contributed by atoms with E-state index in [1.807, 2.05) is 11.8 Å². The van der Waals surface area contributed by atoms with E-state index in [0.717, 1.165) is 12.2 Å². The summed E-state index contributed by atoms with van der Waals surface area (Å²) < 4.78 is 0.0737. The Balaban J connectivity index is 2.49. The average Bonchev–Trinajstić information content (AvgIpc) is 2.62. The Labute approximate surface area is 100 Å². The van der Waals surface area contributed by atoms with Gasteiger partial charge in [-0.05, 0) is 39.4 Å². The molecule has 92 valence electrons. The Hall–Kier alpha value is -0.710. The van der Waals surface area contributed by atoms with Crippen molar-refractivity contribution in [1.82, 2.24) is 5.32 Å². The number of hydrogen-bond acceptors (Lipinski definition) is 3. The maximum absolute atomic E-state index is 11.7. The zero-order chi connectivity index (χ0) is 12.4. The molecule has 0 spiro atoms. The van der Waals surface area contributed by atoms with E-state index in [2.05, 4.69) is 12.2 Å². The molecule has 1 aliphatic rings. The fourth-order valence-electron chi connectivity index (χ4n) is 1.56. The van der Waals surface area contributed by atoms with Gasteiger partial charge in [-0.25, -0.2) is 0 Å². The predicted molar refractivity (Wildman–Crippen MR) is 64.5 cm³/mol. The van der Waals surface area contributed by atoms with Gasteiger partial charge in [-0.1, -0.05) is 0 Å². The van der Waals surface area contributed by atoms with Crippen molar-refractivity contribution in [3.8, 4) is 0 Å². The molecule has 1 aliphatic heterocycles. The minimum absolute atomic E-state index is 0.0737. The molecular formula is C11H19NO3S. The molecule has 0 radical (unpaired) electrons. The Morgan fingerprint density at radius 1 is 1.50 bits per heavy atom. The van der Waals surface area contributed by atoms with Crippen LogP contribution in [0.25, 0.3) is 0 Å². The van der Waals surface area contributed by atoms with Crippen LogP contribution in [0.15, 0.2) is 0 Å². The van der Waals surface area contributed by atoms with Gasteiger partial charge < -0.3 is 10.4 Å². The minimum Gasteiger partial charge on any atom is -0.480 e. The monoisotopic (exact) mass is 245 g/mol. The lowest BCUT2D eigenvalue weighted by molar-refractivity contribution is -0.153. The second kappa shape index (κ2) is 4.65. The van der Waals surface area contributed by atoms with Crippen molar-refractivity contribution >= 4 is 23.6 Å². The first-order chi connectivity index (χ1) is 7.28. The van der Waals surface area contributed by atoms with E-state index >= 15 is 0 Å². The normalized spacial score (nSPS) is 25.4. The molecule has 0 aromatic rings. The molecular weight excluding hydrogens is 226 g/mol. The van der Waals surface area contributed by atoms with Crippen LogP contribution in [0, 0.1) is 5.41 Å². The SMILES string of the molecule is CC1(CNC(=O)C(C)(C)C(=O)O)CCCS1. The van der Waals surface area contributed by atoms with E-state index in [1.165, 1.54) is 20.3 Å². The van der Waals surface area contributed by atoms with Gasteiger partial charge >= 0.3 is 5.97 Å². The number of thioether (sulfide) groups is 1. The van der Waals surface area contributed by atoms with E-state index in [9.17, 15) is 9.59 Å².